The number of benzene rings is 1. The van der Waals surface area contributed by atoms with Gasteiger partial charge in [-0.15, -0.1) is 0 Å². The van der Waals surface area contributed by atoms with Crippen molar-refractivity contribution in [2.75, 3.05) is 0 Å². The average Bonchev–Trinajstić information content (AvgIpc) is 2.58. The molecule has 0 amide bonds. The summed E-state index contributed by atoms with van der Waals surface area (Å²) in [6.07, 6.45) is 0.792. The molecule has 2 rings (SSSR count). The Kier molecular flexibility index (Phi) is 3.40. The van der Waals surface area contributed by atoms with Crippen molar-refractivity contribution in [2.45, 2.75) is 20.3 Å². The van der Waals surface area contributed by atoms with E-state index in [1.807, 2.05) is 13.8 Å². The first-order valence-corrected chi connectivity index (χ1v) is 5.99. The molecule has 0 aliphatic carbocycles. The highest BCUT2D eigenvalue weighted by atomic mass is 35.5. The fourth-order valence-corrected chi connectivity index (χ4v) is 2.24. The van der Waals surface area contributed by atoms with E-state index in [9.17, 15) is 4.39 Å². The largest absolute Gasteiger partial charge is 0.222 e. The van der Waals surface area contributed by atoms with Gasteiger partial charge >= 0.3 is 0 Å². The zero-order chi connectivity index (χ0) is 12.6. The Bertz CT molecular complexity index is 564. The lowest BCUT2D eigenvalue weighted by atomic mass is 10.2. The molecule has 0 saturated carbocycles. The Labute approximate surface area is 109 Å². The number of halogens is 3. The summed E-state index contributed by atoms with van der Waals surface area (Å²) in [5.41, 5.74) is 2.40. The minimum Gasteiger partial charge on any atom is -0.222 e. The second-order valence-corrected chi connectivity index (χ2v) is 4.48. The molecular formula is C12H11Cl2FN2. The summed E-state index contributed by atoms with van der Waals surface area (Å²) in [6, 6.07) is 4.49. The quantitative estimate of drug-likeness (QED) is 0.802. The van der Waals surface area contributed by atoms with Crippen LogP contribution in [0.1, 0.15) is 18.2 Å². The lowest BCUT2D eigenvalue weighted by Gasteiger charge is -2.04. The van der Waals surface area contributed by atoms with Crippen molar-refractivity contribution in [1.82, 2.24) is 9.78 Å². The van der Waals surface area contributed by atoms with Gasteiger partial charge in [0.05, 0.1) is 16.4 Å². The monoisotopic (exact) mass is 272 g/mol. The van der Waals surface area contributed by atoms with Gasteiger partial charge in [0, 0.05) is 11.6 Å². The molecule has 0 spiro atoms. The molecule has 1 aromatic heterocycles. The maximum absolute atomic E-state index is 13.4. The normalized spacial score (nSPS) is 10.9. The van der Waals surface area contributed by atoms with E-state index in [1.165, 1.54) is 16.8 Å². The molecule has 0 aliphatic heterocycles. The van der Waals surface area contributed by atoms with E-state index < -0.39 is 5.82 Å². The maximum atomic E-state index is 13.4. The number of aryl methyl sites for hydroxylation is 1. The van der Waals surface area contributed by atoms with Crippen LogP contribution in [0, 0.1) is 12.7 Å². The Balaban J connectivity index is 2.57. The van der Waals surface area contributed by atoms with Gasteiger partial charge in [-0.05, 0) is 25.5 Å². The van der Waals surface area contributed by atoms with Gasteiger partial charge in [0.2, 0.25) is 0 Å². The summed E-state index contributed by atoms with van der Waals surface area (Å²) < 4.78 is 14.9. The number of rotatable bonds is 2. The van der Waals surface area contributed by atoms with Crippen molar-refractivity contribution in [1.29, 1.82) is 0 Å². The lowest BCUT2D eigenvalue weighted by Crippen LogP contribution is -1.97. The second kappa shape index (κ2) is 4.67. The molecule has 1 aromatic carbocycles. The van der Waals surface area contributed by atoms with Gasteiger partial charge in [-0.1, -0.05) is 30.1 Å². The zero-order valence-electron chi connectivity index (χ0n) is 9.47. The second-order valence-electron chi connectivity index (χ2n) is 3.72. The molecule has 90 valence electrons. The van der Waals surface area contributed by atoms with Gasteiger partial charge in [0.15, 0.2) is 0 Å². The summed E-state index contributed by atoms with van der Waals surface area (Å²) in [5.74, 6) is -0.480. The van der Waals surface area contributed by atoms with Crippen LogP contribution < -0.4 is 0 Å². The van der Waals surface area contributed by atoms with Crippen LogP contribution in [0.4, 0.5) is 4.39 Å². The minimum atomic E-state index is -0.480. The molecule has 0 radical (unpaired) electrons. The number of aromatic nitrogens is 2. The maximum Gasteiger partial charge on any atom is 0.143 e. The van der Waals surface area contributed by atoms with Gasteiger partial charge in [0.25, 0.3) is 0 Å². The summed E-state index contributed by atoms with van der Waals surface area (Å²) in [6.45, 7) is 3.89. The minimum absolute atomic E-state index is 0.0875. The number of hydrogen-bond donors (Lipinski definition) is 0. The molecule has 0 unspecified atom stereocenters. The van der Waals surface area contributed by atoms with Crippen LogP contribution in [0.3, 0.4) is 0 Å². The molecule has 17 heavy (non-hydrogen) atoms. The van der Waals surface area contributed by atoms with Gasteiger partial charge < -0.3 is 0 Å². The first kappa shape index (κ1) is 12.4. The van der Waals surface area contributed by atoms with Gasteiger partial charge in [0.1, 0.15) is 11.0 Å². The van der Waals surface area contributed by atoms with Gasteiger partial charge in [-0.25, -0.2) is 9.07 Å². The predicted molar refractivity (Wildman–Crippen MR) is 67.7 cm³/mol. The molecule has 0 saturated heterocycles. The molecule has 5 heteroatoms. The molecule has 2 aromatic rings. The van der Waals surface area contributed by atoms with Crippen LogP contribution >= 0.6 is 23.2 Å². The highest BCUT2D eigenvalue weighted by Gasteiger charge is 2.13. The Hall–Kier alpha value is -1.06. The lowest BCUT2D eigenvalue weighted by molar-refractivity contribution is 0.626. The van der Waals surface area contributed by atoms with E-state index in [4.69, 9.17) is 23.2 Å². The van der Waals surface area contributed by atoms with E-state index in [-0.39, 0.29) is 5.02 Å². The van der Waals surface area contributed by atoms with Gasteiger partial charge in [-0.2, -0.15) is 5.10 Å². The highest BCUT2D eigenvalue weighted by molar-refractivity contribution is 6.31. The smallest absolute Gasteiger partial charge is 0.143 e. The van der Waals surface area contributed by atoms with E-state index in [2.05, 4.69) is 5.10 Å². The highest BCUT2D eigenvalue weighted by Crippen LogP contribution is 2.25. The van der Waals surface area contributed by atoms with Crippen molar-refractivity contribution in [3.63, 3.8) is 0 Å². The fraction of sp³-hybridized carbons (Fsp3) is 0.250. The summed E-state index contributed by atoms with van der Waals surface area (Å²) in [7, 11) is 0. The van der Waals surface area contributed by atoms with Crippen LogP contribution in [0.2, 0.25) is 10.2 Å². The third-order valence-corrected chi connectivity index (χ3v) is 3.32. The molecule has 2 nitrogen and oxygen atoms in total. The molecule has 0 atom stereocenters. The molecule has 0 bridgehead atoms. The number of hydrogen-bond acceptors (Lipinski definition) is 1. The summed E-state index contributed by atoms with van der Waals surface area (Å²) >= 11 is 11.8. The Morgan fingerprint density at radius 1 is 1.35 bits per heavy atom. The van der Waals surface area contributed by atoms with E-state index in [0.29, 0.717) is 10.8 Å². The van der Waals surface area contributed by atoms with Crippen LogP contribution in [0.25, 0.3) is 5.69 Å². The summed E-state index contributed by atoms with van der Waals surface area (Å²) in [5, 5.41) is 4.90. The van der Waals surface area contributed by atoms with E-state index >= 15 is 0 Å². The zero-order valence-corrected chi connectivity index (χ0v) is 11.0. The predicted octanol–water partition coefficient (Wildman–Crippen LogP) is 4.19. The molecule has 0 aliphatic rings. The van der Waals surface area contributed by atoms with E-state index in [0.717, 1.165) is 17.7 Å². The summed E-state index contributed by atoms with van der Waals surface area (Å²) in [4.78, 5) is 0. The van der Waals surface area contributed by atoms with Crippen molar-refractivity contribution < 1.29 is 4.39 Å². The molecule has 1 heterocycles. The van der Waals surface area contributed by atoms with Crippen molar-refractivity contribution >= 4 is 23.2 Å². The number of nitrogens with zero attached hydrogens (tertiary/aromatic N) is 2. The van der Waals surface area contributed by atoms with E-state index in [1.54, 1.807) is 6.07 Å². The van der Waals surface area contributed by atoms with Crippen molar-refractivity contribution in [2.24, 2.45) is 0 Å². The third-order valence-electron chi connectivity index (χ3n) is 2.62. The Morgan fingerprint density at radius 3 is 2.59 bits per heavy atom. The van der Waals surface area contributed by atoms with Crippen LogP contribution in [-0.4, -0.2) is 9.78 Å². The fourth-order valence-electron chi connectivity index (χ4n) is 1.72. The standard InChI is InChI=1S/C12H11Cl2FN2/c1-3-9-7(2)16-17(12(9)14)8-4-5-10(13)11(15)6-8/h4-6H,3H2,1-2H3. The van der Waals surface area contributed by atoms with Crippen LogP contribution in [-0.2, 0) is 6.42 Å². The van der Waals surface area contributed by atoms with Gasteiger partial charge in [-0.3, -0.25) is 0 Å². The molecule has 0 N–H and O–H groups in total. The van der Waals surface area contributed by atoms with Crippen LogP contribution in [0.15, 0.2) is 18.2 Å². The Morgan fingerprint density at radius 2 is 2.06 bits per heavy atom. The molecular weight excluding hydrogens is 262 g/mol. The van der Waals surface area contributed by atoms with Crippen molar-refractivity contribution in [3.8, 4) is 5.69 Å². The topological polar surface area (TPSA) is 17.8 Å². The first-order chi connectivity index (χ1) is 8.04. The van der Waals surface area contributed by atoms with Crippen LogP contribution in [0.5, 0.6) is 0 Å². The van der Waals surface area contributed by atoms with Crippen molar-refractivity contribution in [3.05, 3.63) is 45.4 Å². The average molecular weight is 273 g/mol. The first-order valence-electron chi connectivity index (χ1n) is 5.24. The SMILES string of the molecule is CCc1c(C)nn(-c2ccc(Cl)c(F)c2)c1Cl. The molecule has 0 fully saturated rings. The third kappa shape index (κ3) is 2.17.